The lowest BCUT2D eigenvalue weighted by Crippen LogP contribution is -2.52. The molecule has 0 aromatic rings. The minimum atomic E-state index is -0.879. The quantitative estimate of drug-likeness (QED) is 0.641. The third-order valence-corrected chi connectivity index (χ3v) is 2.50. The zero-order valence-corrected chi connectivity index (χ0v) is 11.9. The lowest BCUT2D eigenvalue weighted by atomic mass is 10.1. The van der Waals surface area contributed by atoms with Crippen molar-refractivity contribution in [3.8, 4) is 0 Å². The van der Waals surface area contributed by atoms with Crippen molar-refractivity contribution in [3.63, 3.8) is 0 Å². The van der Waals surface area contributed by atoms with Crippen molar-refractivity contribution >= 4 is 11.9 Å². The fourth-order valence-electron chi connectivity index (χ4n) is 1.61. The first-order valence-electron chi connectivity index (χ1n) is 6.26. The second-order valence-corrected chi connectivity index (χ2v) is 4.90. The molecule has 0 aromatic carbocycles. The molecular weight excluding hydrogens is 234 g/mol. The predicted octanol–water partition coefficient (Wildman–Crippen LogP) is 0.313. The molecule has 106 valence electrons. The van der Waals surface area contributed by atoms with Crippen molar-refractivity contribution in [1.29, 1.82) is 0 Å². The number of hydrogen-bond acceptors (Lipinski definition) is 4. The molecule has 0 saturated carbocycles. The maximum absolute atomic E-state index is 11.8. The van der Waals surface area contributed by atoms with Crippen LogP contribution in [-0.4, -0.2) is 53.2 Å². The SMILES string of the molecule is CCNC(=O)NC(=O)C(C)N(CC)CC(C)(C)O. The van der Waals surface area contributed by atoms with Gasteiger partial charge in [-0.2, -0.15) is 0 Å². The van der Waals surface area contributed by atoms with Gasteiger partial charge in [0, 0.05) is 13.1 Å². The van der Waals surface area contributed by atoms with Crippen LogP contribution in [0.2, 0.25) is 0 Å². The number of imide groups is 1. The third-order valence-electron chi connectivity index (χ3n) is 2.50. The topological polar surface area (TPSA) is 81.7 Å². The van der Waals surface area contributed by atoms with E-state index >= 15 is 0 Å². The van der Waals surface area contributed by atoms with Gasteiger partial charge in [-0.1, -0.05) is 6.92 Å². The first kappa shape index (κ1) is 16.9. The molecule has 1 unspecified atom stereocenters. The minimum absolute atomic E-state index is 0.368. The number of urea groups is 1. The molecule has 0 fully saturated rings. The Kier molecular flexibility index (Phi) is 6.86. The van der Waals surface area contributed by atoms with Crippen molar-refractivity contribution < 1.29 is 14.7 Å². The highest BCUT2D eigenvalue weighted by molar-refractivity contribution is 5.96. The molecule has 0 aliphatic carbocycles. The summed E-state index contributed by atoms with van der Waals surface area (Å²) in [7, 11) is 0. The van der Waals surface area contributed by atoms with Crippen LogP contribution in [0.3, 0.4) is 0 Å². The van der Waals surface area contributed by atoms with E-state index in [9.17, 15) is 14.7 Å². The second-order valence-electron chi connectivity index (χ2n) is 4.90. The molecule has 18 heavy (non-hydrogen) atoms. The smallest absolute Gasteiger partial charge is 0.321 e. The molecule has 0 aromatic heterocycles. The van der Waals surface area contributed by atoms with Gasteiger partial charge in [0.2, 0.25) is 5.91 Å². The van der Waals surface area contributed by atoms with Gasteiger partial charge in [-0.15, -0.1) is 0 Å². The first-order valence-corrected chi connectivity index (χ1v) is 6.26. The average Bonchev–Trinajstić information content (AvgIpc) is 2.23. The van der Waals surface area contributed by atoms with Crippen LogP contribution in [0.5, 0.6) is 0 Å². The molecule has 1 atom stereocenters. The number of carbonyl (C=O) groups excluding carboxylic acids is 2. The Morgan fingerprint density at radius 1 is 1.33 bits per heavy atom. The lowest BCUT2D eigenvalue weighted by molar-refractivity contribution is -0.125. The monoisotopic (exact) mass is 259 g/mol. The van der Waals surface area contributed by atoms with Crippen molar-refractivity contribution in [1.82, 2.24) is 15.5 Å². The molecule has 0 radical (unpaired) electrons. The maximum atomic E-state index is 11.8. The number of hydrogen-bond donors (Lipinski definition) is 3. The lowest BCUT2D eigenvalue weighted by Gasteiger charge is -2.31. The number of amides is 3. The Hall–Kier alpha value is -1.14. The number of likely N-dealkylation sites (N-methyl/N-ethyl adjacent to an activating group) is 1. The summed E-state index contributed by atoms with van der Waals surface area (Å²) < 4.78 is 0. The van der Waals surface area contributed by atoms with Crippen LogP contribution < -0.4 is 10.6 Å². The summed E-state index contributed by atoms with van der Waals surface area (Å²) in [6.07, 6.45) is 0. The van der Waals surface area contributed by atoms with Crippen LogP contribution in [0.15, 0.2) is 0 Å². The highest BCUT2D eigenvalue weighted by atomic mass is 16.3. The zero-order chi connectivity index (χ0) is 14.3. The molecule has 0 spiro atoms. The number of nitrogens with zero attached hydrogens (tertiary/aromatic N) is 1. The highest BCUT2D eigenvalue weighted by Gasteiger charge is 2.26. The van der Waals surface area contributed by atoms with Crippen molar-refractivity contribution in [3.05, 3.63) is 0 Å². The van der Waals surface area contributed by atoms with Gasteiger partial charge in [-0.25, -0.2) is 4.79 Å². The molecule has 6 heteroatoms. The van der Waals surface area contributed by atoms with E-state index in [0.717, 1.165) is 0 Å². The van der Waals surface area contributed by atoms with E-state index in [2.05, 4.69) is 10.6 Å². The fraction of sp³-hybridized carbons (Fsp3) is 0.833. The molecule has 0 saturated heterocycles. The predicted molar refractivity (Wildman–Crippen MR) is 70.2 cm³/mol. The highest BCUT2D eigenvalue weighted by Crippen LogP contribution is 2.08. The van der Waals surface area contributed by atoms with Crippen LogP contribution in [0.4, 0.5) is 4.79 Å². The van der Waals surface area contributed by atoms with Gasteiger partial charge in [0.05, 0.1) is 11.6 Å². The minimum Gasteiger partial charge on any atom is -0.389 e. The van der Waals surface area contributed by atoms with E-state index in [1.807, 2.05) is 11.8 Å². The molecule has 3 N–H and O–H groups in total. The van der Waals surface area contributed by atoms with Crippen LogP contribution in [-0.2, 0) is 4.79 Å². The van der Waals surface area contributed by atoms with E-state index in [1.165, 1.54) is 0 Å². The van der Waals surface area contributed by atoms with Crippen LogP contribution >= 0.6 is 0 Å². The fourth-order valence-corrected chi connectivity index (χ4v) is 1.61. The number of nitrogens with one attached hydrogen (secondary N) is 2. The zero-order valence-electron chi connectivity index (χ0n) is 11.9. The van der Waals surface area contributed by atoms with Gasteiger partial charge >= 0.3 is 6.03 Å². The Labute approximate surface area is 109 Å². The van der Waals surface area contributed by atoms with Crippen molar-refractivity contribution in [2.75, 3.05) is 19.6 Å². The molecule has 6 nitrogen and oxygen atoms in total. The van der Waals surface area contributed by atoms with Crippen LogP contribution in [0.1, 0.15) is 34.6 Å². The molecule has 3 amide bonds. The number of rotatable bonds is 6. The second kappa shape index (κ2) is 7.33. The Morgan fingerprint density at radius 2 is 1.89 bits per heavy atom. The van der Waals surface area contributed by atoms with E-state index in [0.29, 0.717) is 19.6 Å². The van der Waals surface area contributed by atoms with Gasteiger partial charge in [-0.3, -0.25) is 15.0 Å². The summed E-state index contributed by atoms with van der Waals surface area (Å²) in [5.74, 6) is -0.368. The van der Waals surface area contributed by atoms with E-state index in [-0.39, 0.29) is 5.91 Å². The van der Waals surface area contributed by atoms with Crippen LogP contribution in [0.25, 0.3) is 0 Å². The summed E-state index contributed by atoms with van der Waals surface area (Å²) >= 11 is 0. The maximum Gasteiger partial charge on any atom is 0.321 e. The van der Waals surface area contributed by atoms with Crippen molar-refractivity contribution in [2.45, 2.75) is 46.3 Å². The first-order chi connectivity index (χ1) is 8.21. The Morgan fingerprint density at radius 3 is 2.28 bits per heavy atom. The summed E-state index contributed by atoms with van der Waals surface area (Å²) in [6.45, 7) is 10.2. The largest absolute Gasteiger partial charge is 0.389 e. The third kappa shape index (κ3) is 6.56. The van der Waals surface area contributed by atoms with Crippen LogP contribution in [0, 0.1) is 0 Å². The standard InChI is InChI=1S/C12H25N3O3/c1-6-13-11(17)14-10(16)9(3)15(7-2)8-12(4,5)18/h9,18H,6-8H2,1-5H3,(H2,13,14,16,17). The van der Waals surface area contributed by atoms with E-state index in [4.69, 9.17) is 0 Å². The summed E-state index contributed by atoms with van der Waals surface area (Å²) in [6, 6.07) is -0.960. The number of aliphatic hydroxyl groups is 1. The van der Waals surface area contributed by atoms with Gasteiger partial charge < -0.3 is 10.4 Å². The Bertz CT molecular complexity index is 287. The molecule has 0 bridgehead atoms. The normalized spacial score (nSPS) is 13.3. The van der Waals surface area contributed by atoms with E-state index in [1.54, 1.807) is 27.7 Å². The Balaban J connectivity index is 4.45. The summed E-state index contributed by atoms with van der Waals surface area (Å²) in [4.78, 5) is 24.9. The van der Waals surface area contributed by atoms with Gasteiger partial charge in [0.15, 0.2) is 0 Å². The average molecular weight is 259 g/mol. The van der Waals surface area contributed by atoms with Gasteiger partial charge in [-0.05, 0) is 34.2 Å². The molecule has 0 aliphatic rings. The molecule has 0 heterocycles. The number of carbonyl (C=O) groups is 2. The van der Waals surface area contributed by atoms with Crippen molar-refractivity contribution in [2.24, 2.45) is 0 Å². The molecule has 0 aliphatic heterocycles. The summed E-state index contributed by atoms with van der Waals surface area (Å²) in [5, 5.41) is 14.5. The van der Waals surface area contributed by atoms with Gasteiger partial charge in [0.1, 0.15) is 0 Å². The van der Waals surface area contributed by atoms with Gasteiger partial charge in [0.25, 0.3) is 0 Å². The summed E-state index contributed by atoms with van der Waals surface area (Å²) in [5.41, 5.74) is -0.879. The van der Waals surface area contributed by atoms with E-state index < -0.39 is 17.7 Å². The molecule has 0 rings (SSSR count). The molecular formula is C12H25N3O3.